The summed E-state index contributed by atoms with van der Waals surface area (Å²) >= 11 is 4.91. The number of amides is 1. The van der Waals surface area contributed by atoms with Crippen molar-refractivity contribution in [3.05, 3.63) is 24.3 Å². The summed E-state index contributed by atoms with van der Waals surface area (Å²) in [5.41, 5.74) is 1.77. The molecule has 0 aliphatic carbocycles. The molecule has 2 aliphatic heterocycles. The van der Waals surface area contributed by atoms with Crippen LogP contribution in [0.2, 0.25) is 0 Å². The van der Waals surface area contributed by atoms with E-state index < -0.39 is 0 Å². The van der Waals surface area contributed by atoms with Crippen LogP contribution in [0, 0.1) is 0 Å². The number of hydrogen-bond donors (Lipinski definition) is 1. The fourth-order valence-corrected chi connectivity index (χ4v) is 2.55. The van der Waals surface area contributed by atoms with Gasteiger partial charge in [-0.1, -0.05) is 5.16 Å². The Labute approximate surface area is 144 Å². The molecule has 1 aromatic rings. The fourth-order valence-electron chi connectivity index (χ4n) is 2.47. The molecule has 1 aromatic carbocycles. The Morgan fingerprint density at radius 2 is 2.17 bits per heavy atom. The van der Waals surface area contributed by atoms with Crippen molar-refractivity contribution in [3.63, 3.8) is 0 Å². The molecule has 2 aliphatic rings. The molecular weight excluding hydrogens is 332 g/mol. The first kappa shape index (κ1) is 16.3. The van der Waals surface area contributed by atoms with Gasteiger partial charge in [-0.2, -0.15) is 0 Å². The summed E-state index contributed by atoms with van der Waals surface area (Å²) in [7, 11) is 1.49. The van der Waals surface area contributed by atoms with Gasteiger partial charge in [-0.15, -0.1) is 0 Å². The van der Waals surface area contributed by atoms with Crippen molar-refractivity contribution in [2.75, 3.05) is 43.2 Å². The zero-order chi connectivity index (χ0) is 16.9. The summed E-state index contributed by atoms with van der Waals surface area (Å²) in [6.45, 7) is 2.16. The highest BCUT2D eigenvalue weighted by Gasteiger charge is 2.32. The molecule has 1 atom stereocenters. The van der Waals surface area contributed by atoms with Gasteiger partial charge in [-0.25, -0.2) is 4.79 Å². The van der Waals surface area contributed by atoms with Crippen LogP contribution in [0.3, 0.4) is 0 Å². The van der Waals surface area contributed by atoms with Crippen molar-refractivity contribution in [3.8, 4) is 0 Å². The Balaban J connectivity index is 1.61. The minimum atomic E-state index is -0.370. The Morgan fingerprint density at radius 3 is 2.83 bits per heavy atom. The summed E-state index contributed by atoms with van der Waals surface area (Å²) in [5.74, 6) is 0. The van der Waals surface area contributed by atoms with Gasteiger partial charge in [0.25, 0.3) is 5.17 Å². The first-order valence-corrected chi connectivity index (χ1v) is 7.90. The van der Waals surface area contributed by atoms with Crippen LogP contribution in [0.15, 0.2) is 29.4 Å². The highest BCUT2D eigenvalue weighted by Crippen LogP contribution is 2.24. The number of cyclic esters (lactones) is 1. The number of anilines is 2. The summed E-state index contributed by atoms with van der Waals surface area (Å²) < 4.78 is 10.2. The molecule has 2 heterocycles. The molecule has 1 saturated heterocycles. The molecule has 9 heteroatoms. The molecule has 3 rings (SSSR count). The van der Waals surface area contributed by atoms with E-state index in [0.29, 0.717) is 19.7 Å². The SMILES string of the molecule is COC(=S)NCC1CN(c2ccc(N3C=NOCC3)cc2)C(=O)O1. The lowest BCUT2D eigenvalue weighted by atomic mass is 10.2. The van der Waals surface area contributed by atoms with Crippen molar-refractivity contribution in [1.29, 1.82) is 0 Å². The van der Waals surface area contributed by atoms with Gasteiger partial charge in [0.05, 0.1) is 26.7 Å². The number of benzene rings is 1. The summed E-state index contributed by atoms with van der Waals surface area (Å²) in [5, 5.41) is 6.96. The average molecular weight is 350 g/mol. The van der Waals surface area contributed by atoms with Crippen LogP contribution in [-0.4, -0.2) is 57.1 Å². The topological polar surface area (TPSA) is 75.6 Å². The van der Waals surface area contributed by atoms with E-state index in [1.165, 1.54) is 7.11 Å². The number of ether oxygens (including phenoxy) is 2. The van der Waals surface area contributed by atoms with Gasteiger partial charge < -0.3 is 24.5 Å². The van der Waals surface area contributed by atoms with E-state index in [4.69, 9.17) is 26.5 Å². The number of nitrogens with one attached hydrogen (secondary N) is 1. The molecule has 0 bridgehead atoms. The molecule has 0 spiro atoms. The van der Waals surface area contributed by atoms with E-state index in [9.17, 15) is 4.79 Å². The maximum atomic E-state index is 12.0. The van der Waals surface area contributed by atoms with Crippen LogP contribution in [-0.2, 0) is 14.3 Å². The lowest BCUT2D eigenvalue weighted by Crippen LogP contribution is -2.34. The maximum Gasteiger partial charge on any atom is 0.414 e. The van der Waals surface area contributed by atoms with E-state index in [2.05, 4.69) is 10.5 Å². The van der Waals surface area contributed by atoms with Crippen LogP contribution in [0.4, 0.5) is 16.2 Å². The van der Waals surface area contributed by atoms with Crippen LogP contribution in [0.25, 0.3) is 0 Å². The molecule has 128 valence electrons. The van der Waals surface area contributed by atoms with E-state index >= 15 is 0 Å². The molecule has 0 saturated carbocycles. The predicted molar refractivity (Wildman–Crippen MR) is 93.5 cm³/mol. The molecule has 0 aromatic heterocycles. The first-order valence-electron chi connectivity index (χ1n) is 7.49. The van der Waals surface area contributed by atoms with Crippen molar-refractivity contribution in [1.82, 2.24) is 5.32 Å². The van der Waals surface area contributed by atoms with Crippen LogP contribution in [0.1, 0.15) is 0 Å². The number of thiocarbonyl (C=S) groups is 1. The van der Waals surface area contributed by atoms with Gasteiger partial charge >= 0.3 is 6.09 Å². The number of hydrogen-bond acceptors (Lipinski definition) is 7. The number of nitrogens with zero attached hydrogens (tertiary/aromatic N) is 3. The van der Waals surface area contributed by atoms with Crippen LogP contribution < -0.4 is 15.1 Å². The highest BCUT2D eigenvalue weighted by atomic mass is 32.1. The van der Waals surface area contributed by atoms with Gasteiger partial charge in [0.1, 0.15) is 19.0 Å². The van der Waals surface area contributed by atoms with Gasteiger partial charge in [0, 0.05) is 11.4 Å². The van der Waals surface area contributed by atoms with E-state index in [1.54, 1.807) is 11.2 Å². The number of carbonyl (C=O) groups excluding carboxylic acids is 1. The third kappa shape index (κ3) is 3.67. The molecule has 8 nitrogen and oxygen atoms in total. The second-order valence-electron chi connectivity index (χ2n) is 5.25. The molecular formula is C15H18N4O4S. The minimum absolute atomic E-state index is 0.279. The Kier molecular flexibility index (Phi) is 4.99. The second-order valence-corrected chi connectivity index (χ2v) is 5.62. The Bertz CT molecular complexity index is 637. The number of oxime groups is 1. The van der Waals surface area contributed by atoms with Crippen molar-refractivity contribution in [2.24, 2.45) is 5.16 Å². The smallest absolute Gasteiger partial charge is 0.414 e. The number of carbonyl (C=O) groups is 1. The molecule has 1 fully saturated rings. The number of methoxy groups -OCH3 is 1. The van der Waals surface area contributed by atoms with E-state index in [-0.39, 0.29) is 17.4 Å². The van der Waals surface area contributed by atoms with E-state index in [0.717, 1.165) is 17.9 Å². The maximum absolute atomic E-state index is 12.0. The average Bonchev–Trinajstić information content (AvgIpc) is 3.01. The summed E-state index contributed by atoms with van der Waals surface area (Å²) in [6, 6.07) is 7.64. The number of rotatable bonds is 4. The minimum Gasteiger partial charge on any atom is -0.474 e. The highest BCUT2D eigenvalue weighted by molar-refractivity contribution is 7.80. The monoisotopic (exact) mass is 350 g/mol. The van der Waals surface area contributed by atoms with E-state index in [1.807, 2.05) is 29.2 Å². The fraction of sp³-hybridized carbons (Fsp3) is 0.400. The van der Waals surface area contributed by atoms with Crippen molar-refractivity contribution >= 4 is 41.2 Å². The molecule has 1 amide bonds. The quantitative estimate of drug-likeness (QED) is 0.821. The van der Waals surface area contributed by atoms with Crippen LogP contribution >= 0.6 is 12.2 Å². The van der Waals surface area contributed by atoms with Gasteiger partial charge in [0.2, 0.25) is 0 Å². The van der Waals surface area contributed by atoms with Crippen molar-refractivity contribution < 1.29 is 19.1 Å². The lowest BCUT2D eigenvalue weighted by Gasteiger charge is -2.22. The predicted octanol–water partition coefficient (Wildman–Crippen LogP) is 1.31. The zero-order valence-corrected chi connectivity index (χ0v) is 14.0. The molecule has 1 N–H and O–H groups in total. The molecule has 24 heavy (non-hydrogen) atoms. The molecule has 1 unspecified atom stereocenters. The molecule has 0 radical (unpaired) electrons. The van der Waals surface area contributed by atoms with Crippen LogP contribution in [0.5, 0.6) is 0 Å². The summed E-state index contributed by atoms with van der Waals surface area (Å²) in [6.07, 6.45) is 0.991. The largest absolute Gasteiger partial charge is 0.474 e. The Hall–Kier alpha value is -2.55. The lowest BCUT2D eigenvalue weighted by molar-refractivity contribution is 0.142. The second kappa shape index (κ2) is 7.35. The third-order valence-electron chi connectivity index (χ3n) is 3.71. The van der Waals surface area contributed by atoms with Gasteiger partial charge in [-0.05, 0) is 36.5 Å². The first-order chi connectivity index (χ1) is 11.7. The van der Waals surface area contributed by atoms with Gasteiger partial charge in [0.15, 0.2) is 0 Å². The standard InChI is InChI=1S/C15H18N4O4S/c1-21-14(24)16-8-13-9-19(15(20)23-13)12-4-2-11(3-5-12)18-6-7-22-17-10-18/h2-5,10,13H,6-9H2,1H3,(H,16,24). The Morgan fingerprint density at radius 1 is 1.42 bits per heavy atom. The zero-order valence-electron chi connectivity index (χ0n) is 13.2. The van der Waals surface area contributed by atoms with Crippen molar-refractivity contribution in [2.45, 2.75) is 6.10 Å². The third-order valence-corrected chi connectivity index (χ3v) is 4.02. The van der Waals surface area contributed by atoms with Gasteiger partial charge in [-0.3, -0.25) is 4.90 Å². The summed E-state index contributed by atoms with van der Waals surface area (Å²) in [4.78, 5) is 20.6. The normalized spacial score (nSPS) is 19.7.